The summed E-state index contributed by atoms with van der Waals surface area (Å²) in [6, 6.07) is 8.40. The van der Waals surface area contributed by atoms with E-state index in [1.807, 2.05) is 6.07 Å². The number of nitrogens with one attached hydrogen (secondary N) is 1. The Kier molecular flexibility index (Phi) is 3.56. The SMILES string of the molecule is Brc1cccc(C[C@@H]2CNCCO2)c1. The summed E-state index contributed by atoms with van der Waals surface area (Å²) < 4.78 is 6.78. The Morgan fingerprint density at radius 3 is 3.14 bits per heavy atom. The van der Waals surface area contributed by atoms with Crippen molar-refractivity contribution in [1.82, 2.24) is 5.32 Å². The monoisotopic (exact) mass is 255 g/mol. The van der Waals surface area contributed by atoms with Crippen LogP contribution in [0.1, 0.15) is 5.56 Å². The molecule has 0 aliphatic carbocycles. The van der Waals surface area contributed by atoms with Crippen molar-refractivity contribution in [1.29, 1.82) is 0 Å². The predicted molar refractivity (Wildman–Crippen MR) is 60.5 cm³/mol. The highest BCUT2D eigenvalue weighted by molar-refractivity contribution is 9.10. The van der Waals surface area contributed by atoms with Crippen molar-refractivity contribution in [3.05, 3.63) is 34.3 Å². The Bertz CT molecular complexity index is 297. The summed E-state index contributed by atoms with van der Waals surface area (Å²) >= 11 is 3.47. The van der Waals surface area contributed by atoms with Gasteiger partial charge in [0.2, 0.25) is 0 Å². The molecule has 1 fully saturated rings. The van der Waals surface area contributed by atoms with Crippen LogP contribution in [0.2, 0.25) is 0 Å². The molecule has 2 rings (SSSR count). The third-order valence-corrected chi connectivity index (χ3v) is 2.85. The Hall–Kier alpha value is -0.380. The van der Waals surface area contributed by atoms with Crippen LogP contribution >= 0.6 is 15.9 Å². The second-order valence-corrected chi connectivity index (χ2v) is 4.45. The summed E-state index contributed by atoms with van der Waals surface area (Å²) in [5, 5.41) is 3.33. The number of halogens is 1. The summed E-state index contributed by atoms with van der Waals surface area (Å²) in [6.45, 7) is 2.78. The minimum absolute atomic E-state index is 0.332. The minimum Gasteiger partial charge on any atom is -0.375 e. The molecule has 14 heavy (non-hydrogen) atoms. The van der Waals surface area contributed by atoms with Crippen LogP contribution in [0, 0.1) is 0 Å². The van der Waals surface area contributed by atoms with Crippen molar-refractivity contribution in [2.75, 3.05) is 19.7 Å². The standard InChI is InChI=1S/C11H14BrNO/c12-10-3-1-2-9(6-10)7-11-8-13-4-5-14-11/h1-3,6,11,13H,4-5,7-8H2/t11-/m1/s1. The van der Waals surface area contributed by atoms with Crippen molar-refractivity contribution in [3.63, 3.8) is 0 Å². The van der Waals surface area contributed by atoms with Gasteiger partial charge >= 0.3 is 0 Å². The lowest BCUT2D eigenvalue weighted by Crippen LogP contribution is -2.39. The number of rotatable bonds is 2. The average Bonchev–Trinajstić information content (AvgIpc) is 2.19. The van der Waals surface area contributed by atoms with E-state index in [2.05, 4.69) is 39.4 Å². The maximum absolute atomic E-state index is 5.64. The molecule has 0 unspecified atom stereocenters. The molecule has 1 N–H and O–H groups in total. The van der Waals surface area contributed by atoms with Crippen molar-refractivity contribution < 1.29 is 4.74 Å². The highest BCUT2D eigenvalue weighted by atomic mass is 79.9. The fourth-order valence-corrected chi connectivity index (χ4v) is 2.12. The van der Waals surface area contributed by atoms with Crippen LogP contribution in [0.3, 0.4) is 0 Å². The first-order valence-electron chi connectivity index (χ1n) is 4.91. The zero-order valence-electron chi connectivity index (χ0n) is 8.00. The Morgan fingerprint density at radius 1 is 1.50 bits per heavy atom. The van der Waals surface area contributed by atoms with Crippen LogP contribution in [-0.4, -0.2) is 25.8 Å². The molecule has 1 atom stereocenters. The molecule has 0 saturated carbocycles. The maximum atomic E-state index is 5.64. The number of hydrogen-bond acceptors (Lipinski definition) is 2. The zero-order valence-corrected chi connectivity index (χ0v) is 9.59. The third-order valence-electron chi connectivity index (χ3n) is 2.36. The Morgan fingerprint density at radius 2 is 2.43 bits per heavy atom. The molecular formula is C11H14BrNO. The Balaban J connectivity index is 1.95. The minimum atomic E-state index is 0.332. The molecule has 1 aromatic carbocycles. The first-order valence-corrected chi connectivity index (χ1v) is 5.70. The van der Waals surface area contributed by atoms with Gasteiger partial charge in [-0.3, -0.25) is 0 Å². The van der Waals surface area contributed by atoms with E-state index in [0.717, 1.165) is 30.6 Å². The van der Waals surface area contributed by atoms with Crippen LogP contribution in [-0.2, 0) is 11.2 Å². The highest BCUT2D eigenvalue weighted by Crippen LogP contribution is 2.14. The fourth-order valence-electron chi connectivity index (χ4n) is 1.68. The Labute approximate surface area is 92.8 Å². The van der Waals surface area contributed by atoms with Crippen LogP contribution in [0.15, 0.2) is 28.7 Å². The first-order chi connectivity index (χ1) is 6.84. The molecule has 1 saturated heterocycles. The van der Waals surface area contributed by atoms with Crippen molar-refractivity contribution in [2.24, 2.45) is 0 Å². The molecular weight excluding hydrogens is 242 g/mol. The quantitative estimate of drug-likeness (QED) is 0.873. The molecule has 1 aromatic rings. The second-order valence-electron chi connectivity index (χ2n) is 3.53. The van der Waals surface area contributed by atoms with Gasteiger partial charge in [-0.2, -0.15) is 0 Å². The molecule has 3 heteroatoms. The largest absolute Gasteiger partial charge is 0.375 e. The molecule has 1 aliphatic rings. The number of hydrogen-bond donors (Lipinski definition) is 1. The predicted octanol–water partition coefficient (Wildman–Crippen LogP) is 1.98. The molecule has 0 amide bonds. The molecule has 0 bridgehead atoms. The van der Waals surface area contributed by atoms with E-state index in [-0.39, 0.29) is 0 Å². The maximum Gasteiger partial charge on any atom is 0.0740 e. The van der Waals surface area contributed by atoms with Gasteiger partial charge in [-0.25, -0.2) is 0 Å². The van der Waals surface area contributed by atoms with Gasteiger partial charge in [-0.05, 0) is 24.1 Å². The third kappa shape index (κ3) is 2.80. The average molecular weight is 256 g/mol. The van der Waals surface area contributed by atoms with Gasteiger partial charge in [-0.1, -0.05) is 28.1 Å². The lowest BCUT2D eigenvalue weighted by atomic mass is 10.1. The van der Waals surface area contributed by atoms with E-state index in [4.69, 9.17) is 4.74 Å². The summed E-state index contributed by atoms with van der Waals surface area (Å²) in [7, 11) is 0. The summed E-state index contributed by atoms with van der Waals surface area (Å²) in [6.07, 6.45) is 1.32. The zero-order chi connectivity index (χ0) is 9.80. The number of morpholine rings is 1. The van der Waals surface area contributed by atoms with Gasteiger partial charge in [0.1, 0.15) is 0 Å². The van der Waals surface area contributed by atoms with Gasteiger partial charge in [-0.15, -0.1) is 0 Å². The van der Waals surface area contributed by atoms with Crippen molar-refractivity contribution >= 4 is 15.9 Å². The molecule has 2 nitrogen and oxygen atoms in total. The summed E-state index contributed by atoms with van der Waals surface area (Å²) in [4.78, 5) is 0. The van der Waals surface area contributed by atoms with E-state index in [0.29, 0.717) is 6.10 Å². The van der Waals surface area contributed by atoms with Crippen LogP contribution < -0.4 is 5.32 Å². The summed E-state index contributed by atoms with van der Waals surface area (Å²) in [5.41, 5.74) is 1.33. The van der Waals surface area contributed by atoms with Gasteiger partial charge in [0, 0.05) is 17.6 Å². The van der Waals surface area contributed by atoms with Crippen LogP contribution in [0.5, 0.6) is 0 Å². The van der Waals surface area contributed by atoms with E-state index in [1.54, 1.807) is 0 Å². The van der Waals surface area contributed by atoms with Gasteiger partial charge in [0.05, 0.1) is 12.7 Å². The highest BCUT2D eigenvalue weighted by Gasteiger charge is 2.13. The van der Waals surface area contributed by atoms with Crippen LogP contribution in [0.4, 0.5) is 0 Å². The van der Waals surface area contributed by atoms with Crippen LogP contribution in [0.25, 0.3) is 0 Å². The summed E-state index contributed by atoms with van der Waals surface area (Å²) in [5.74, 6) is 0. The lowest BCUT2D eigenvalue weighted by molar-refractivity contribution is 0.0292. The molecule has 0 radical (unpaired) electrons. The second kappa shape index (κ2) is 4.91. The van der Waals surface area contributed by atoms with E-state index in [1.165, 1.54) is 5.56 Å². The molecule has 1 heterocycles. The first kappa shape index (κ1) is 10.1. The normalized spacial score (nSPS) is 22.2. The lowest BCUT2D eigenvalue weighted by Gasteiger charge is -2.23. The van der Waals surface area contributed by atoms with Crippen molar-refractivity contribution in [2.45, 2.75) is 12.5 Å². The topological polar surface area (TPSA) is 21.3 Å². The van der Waals surface area contributed by atoms with Gasteiger partial charge < -0.3 is 10.1 Å². The smallest absolute Gasteiger partial charge is 0.0740 e. The molecule has 1 aliphatic heterocycles. The van der Waals surface area contributed by atoms with Gasteiger partial charge in [0.25, 0.3) is 0 Å². The van der Waals surface area contributed by atoms with Gasteiger partial charge in [0.15, 0.2) is 0 Å². The number of benzene rings is 1. The fraction of sp³-hybridized carbons (Fsp3) is 0.455. The molecule has 0 aromatic heterocycles. The van der Waals surface area contributed by atoms with E-state index in [9.17, 15) is 0 Å². The van der Waals surface area contributed by atoms with Crippen molar-refractivity contribution in [3.8, 4) is 0 Å². The van der Waals surface area contributed by atoms with E-state index < -0.39 is 0 Å². The molecule has 76 valence electrons. The van der Waals surface area contributed by atoms with E-state index >= 15 is 0 Å². The number of ether oxygens (including phenoxy) is 1. The molecule has 0 spiro atoms.